The minimum Gasteiger partial charge on any atom is -0.485 e. The van der Waals surface area contributed by atoms with E-state index < -0.39 is 41.9 Å². The smallest absolute Gasteiger partial charge is 0.433 e. The second-order valence-corrected chi connectivity index (χ2v) is 5.92. The Morgan fingerprint density at radius 2 is 1.80 bits per heavy atom. The highest BCUT2D eigenvalue weighted by molar-refractivity contribution is 5.87. The first-order valence-corrected chi connectivity index (χ1v) is 8.33. The lowest BCUT2D eigenvalue weighted by Gasteiger charge is -2.14. The number of halogens is 6. The van der Waals surface area contributed by atoms with Crippen molar-refractivity contribution in [3.05, 3.63) is 53.0 Å². The molecule has 12 heteroatoms. The maximum Gasteiger partial charge on any atom is 0.433 e. The molecule has 0 saturated heterocycles. The number of alkyl halides is 6. The van der Waals surface area contributed by atoms with Gasteiger partial charge in [0.05, 0.1) is 17.7 Å². The number of benzene rings is 1. The van der Waals surface area contributed by atoms with E-state index in [1.807, 2.05) is 0 Å². The molecule has 2 aromatic heterocycles. The minimum atomic E-state index is -4.85. The molecule has 30 heavy (non-hydrogen) atoms. The maximum atomic E-state index is 13.1. The monoisotopic (exact) mass is 434 g/mol. The molecular weight excluding hydrogens is 422 g/mol. The van der Waals surface area contributed by atoms with E-state index in [1.165, 1.54) is 0 Å². The lowest BCUT2D eigenvalue weighted by atomic mass is 10.1. The summed E-state index contributed by atoms with van der Waals surface area (Å²) in [6, 6.07) is 3.73. The van der Waals surface area contributed by atoms with Crippen LogP contribution >= 0.6 is 0 Å². The standard InChI is InChI=1S/C18H12F6N2O4/c1-2-28-16(27)13-6-10(30-26-13)8-29-14-7-15(18(22,23)24)25-12-4-3-9(5-11(12)14)17(19,20)21/h3-7H,2,8H2,1H3. The minimum absolute atomic E-state index is 0.0523. The Morgan fingerprint density at radius 1 is 1.07 bits per heavy atom. The first kappa shape index (κ1) is 21.4. The van der Waals surface area contributed by atoms with Gasteiger partial charge in [0.25, 0.3) is 0 Å². The Balaban J connectivity index is 1.97. The molecule has 0 aliphatic rings. The summed E-state index contributed by atoms with van der Waals surface area (Å²) in [5.41, 5.74) is -2.94. The molecule has 1 aromatic carbocycles. The van der Waals surface area contributed by atoms with E-state index in [2.05, 4.69) is 10.1 Å². The molecule has 0 saturated carbocycles. The van der Waals surface area contributed by atoms with Gasteiger partial charge >= 0.3 is 18.3 Å². The predicted molar refractivity (Wildman–Crippen MR) is 88.5 cm³/mol. The summed E-state index contributed by atoms with van der Waals surface area (Å²) in [6.07, 6.45) is -9.56. The van der Waals surface area contributed by atoms with Gasteiger partial charge in [-0.3, -0.25) is 0 Å². The third-order valence-corrected chi connectivity index (χ3v) is 3.80. The fourth-order valence-corrected chi connectivity index (χ4v) is 2.47. The summed E-state index contributed by atoms with van der Waals surface area (Å²) in [5, 5.41) is 3.17. The molecule has 0 atom stereocenters. The van der Waals surface area contributed by atoms with Gasteiger partial charge in [0, 0.05) is 17.5 Å². The molecule has 3 aromatic rings. The maximum absolute atomic E-state index is 13.1. The van der Waals surface area contributed by atoms with Gasteiger partial charge in [0.2, 0.25) is 0 Å². The highest BCUT2D eigenvalue weighted by Gasteiger charge is 2.35. The van der Waals surface area contributed by atoms with Gasteiger partial charge in [-0.15, -0.1) is 0 Å². The number of fused-ring (bicyclic) bond motifs is 1. The van der Waals surface area contributed by atoms with Crippen molar-refractivity contribution < 1.29 is 45.1 Å². The first-order valence-electron chi connectivity index (χ1n) is 8.33. The fraction of sp³-hybridized carbons (Fsp3) is 0.278. The van der Waals surface area contributed by atoms with Crippen LogP contribution in [0.4, 0.5) is 26.3 Å². The lowest BCUT2D eigenvalue weighted by Crippen LogP contribution is -2.10. The quantitative estimate of drug-likeness (QED) is 0.415. The zero-order valence-electron chi connectivity index (χ0n) is 15.1. The summed E-state index contributed by atoms with van der Waals surface area (Å²) >= 11 is 0. The van der Waals surface area contributed by atoms with Crippen LogP contribution in [-0.2, 0) is 23.7 Å². The first-order chi connectivity index (χ1) is 14.0. The van der Waals surface area contributed by atoms with Gasteiger partial charge in [-0.2, -0.15) is 26.3 Å². The summed E-state index contributed by atoms with van der Waals surface area (Å²) in [5.74, 6) is -1.33. The molecule has 0 spiro atoms. The third-order valence-electron chi connectivity index (χ3n) is 3.80. The summed E-state index contributed by atoms with van der Waals surface area (Å²) in [6.45, 7) is 1.16. The van der Waals surface area contributed by atoms with Gasteiger partial charge in [0.1, 0.15) is 18.1 Å². The van der Waals surface area contributed by atoms with Crippen LogP contribution < -0.4 is 4.74 Å². The number of pyridine rings is 1. The largest absolute Gasteiger partial charge is 0.485 e. The van der Waals surface area contributed by atoms with Crippen molar-refractivity contribution in [1.29, 1.82) is 0 Å². The number of carbonyl (C=O) groups is 1. The van der Waals surface area contributed by atoms with Crippen molar-refractivity contribution in [2.75, 3.05) is 6.61 Å². The number of nitrogens with zero attached hydrogens (tertiary/aromatic N) is 2. The Bertz CT molecular complexity index is 1070. The number of rotatable bonds is 5. The number of ether oxygens (including phenoxy) is 2. The van der Waals surface area contributed by atoms with Crippen LogP contribution in [0.2, 0.25) is 0 Å². The molecule has 6 nitrogen and oxygen atoms in total. The van der Waals surface area contributed by atoms with E-state index in [1.54, 1.807) is 6.92 Å². The van der Waals surface area contributed by atoms with Crippen LogP contribution in [0.3, 0.4) is 0 Å². The molecular formula is C18H12F6N2O4. The number of carbonyl (C=O) groups excluding carboxylic acids is 1. The lowest BCUT2D eigenvalue weighted by molar-refractivity contribution is -0.141. The Hall–Kier alpha value is -3.31. The highest BCUT2D eigenvalue weighted by atomic mass is 19.4. The Morgan fingerprint density at radius 3 is 2.43 bits per heavy atom. The van der Waals surface area contributed by atoms with Crippen molar-refractivity contribution in [2.24, 2.45) is 0 Å². The van der Waals surface area contributed by atoms with E-state index in [-0.39, 0.29) is 29.0 Å². The van der Waals surface area contributed by atoms with Gasteiger partial charge in [-0.05, 0) is 25.1 Å². The van der Waals surface area contributed by atoms with E-state index in [0.717, 1.165) is 12.1 Å². The molecule has 0 bridgehead atoms. The van der Waals surface area contributed by atoms with Crippen LogP contribution in [0.15, 0.2) is 34.9 Å². The van der Waals surface area contributed by atoms with Crippen molar-refractivity contribution in [3.8, 4) is 5.75 Å². The van der Waals surface area contributed by atoms with E-state index >= 15 is 0 Å². The second-order valence-electron chi connectivity index (χ2n) is 5.92. The molecule has 0 aliphatic heterocycles. The van der Waals surface area contributed by atoms with Crippen LogP contribution in [0, 0.1) is 0 Å². The zero-order valence-corrected chi connectivity index (χ0v) is 15.1. The van der Waals surface area contributed by atoms with E-state index in [9.17, 15) is 31.1 Å². The molecule has 0 unspecified atom stereocenters. The second kappa shape index (κ2) is 7.84. The fourth-order valence-electron chi connectivity index (χ4n) is 2.47. The van der Waals surface area contributed by atoms with Crippen molar-refractivity contribution in [1.82, 2.24) is 10.1 Å². The SMILES string of the molecule is CCOC(=O)c1cc(COc2cc(C(F)(F)F)nc3ccc(C(F)(F)F)cc23)on1. The van der Waals surface area contributed by atoms with Crippen molar-refractivity contribution in [2.45, 2.75) is 25.9 Å². The number of hydrogen-bond donors (Lipinski definition) is 0. The average Bonchev–Trinajstić information content (AvgIpc) is 3.13. The summed E-state index contributed by atoms with van der Waals surface area (Å²) in [7, 11) is 0. The number of aromatic nitrogens is 2. The van der Waals surface area contributed by atoms with Crippen molar-refractivity contribution >= 4 is 16.9 Å². The van der Waals surface area contributed by atoms with E-state index in [0.29, 0.717) is 18.2 Å². The highest BCUT2D eigenvalue weighted by Crippen LogP contribution is 2.37. The van der Waals surface area contributed by atoms with Crippen LogP contribution in [0.5, 0.6) is 5.75 Å². The molecule has 160 valence electrons. The Labute approximate surface area is 164 Å². The van der Waals surface area contributed by atoms with Crippen LogP contribution in [0.25, 0.3) is 10.9 Å². The van der Waals surface area contributed by atoms with Gasteiger partial charge in [-0.1, -0.05) is 5.16 Å². The van der Waals surface area contributed by atoms with Gasteiger partial charge in [-0.25, -0.2) is 9.78 Å². The Kier molecular flexibility index (Phi) is 5.59. The van der Waals surface area contributed by atoms with Gasteiger partial charge in [0.15, 0.2) is 11.5 Å². The number of esters is 1. The summed E-state index contributed by atoms with van der Waals surface area (Å²) < 4.78 is 93.2. The molecule has 0 fully saturated rings. The molecule has 0 N–H and O–H groups in total. The summed E-state index contributed by atoms with van der Waals surface area (Å²) in [4.78, 5) is 14.9. The third kappa shape index (κ3) is 4.63. The normalized spacial score (nSPS) is 12.2. The van der Waals surface area contributed by atoms with E-state index in [4.69, 9.17) is 14.0 Å². The average molecular weight is 434 g/mol. The number of hydrogen-bond acceptors (Lipinski definition) is 6. The van der Waals surface area contributed by atoms with Crippen LogP contribution in [0.1, 0.15) is 34.4 Å². The topological polar surface area (TPSA) is 74.5 Å². The molecule has 0 amide bonds. The molecule has 3 rings (SSSR count). The van der Waals surface area contributed by atoms with Crippen LogP contribution in [-0.4, -0.2) is 22.7 Å². The molecule has 0 aliphatic carbocycles. The predicted octanol–water partition coefficient (Wildman–Crippen LogP) is 5.02. The van der Waals surface area contributed by atoms with Crippen molar-refractivity contribution in [3.63, 3.8) is 0 Å². The van der Waals surface area contributed by atoms with Gasteiger partial charge < -0.3 is 14.0 Å². The zero-order chi connectivity index (χ0) is 22.1. The molecule has 0 radical (unpaired) electrons. The molecule has 2 heterocycles.